The molecule has 0 saturated heterocycles. The van der Waals surface area contributed by atoms with E-state index in [2.05, 4.69) is 48.2 Å². The molecule has 0 radical (unpaired) electrons. The first-order valence-electron chi connectivity index (χ1n) is 7.24. The predicted octanol–water partition coefficient (Wildman–Crippen LogP) is 4.36. The largest absolute Gasteiger partial charge is 0.370 e. The van der Waals surface area contributed by atoms with Crippen LogP contribution in [0.4, 0.5) is 5.82 Å². The van der Waals surface area contributed by atoms with Crippen molar-refractivity contribution in [3.8, 4) is 0 Å². The van der Waals surface area contributed by atoms with Gasteiger partial charge in [-0.1, -0.05) is 29.8 Å². The number of nitrogens with one attached hydrogen (secondary N) is 1. The maximum Gasteiger partial charge on any atom is 0.125 e. The second-order valence-electron chi connectivity index (χ2n) is 5.23. The van der Waals surface area contributed by atoms with Gasteiger partial charge < -0.3 is 5.32 Å². The molecule has 1 aromatic heterocycles. The van der Waals surface area contributed by atoms with Gasteiger partial charge in [0.25, 0.3) is 0 Å². The molecule has 1 aromatic carbocycles. The lowest BCUT2D eigenvalue weighted by atomic mass is 10.1. The van der Waals surface area contributed by atoms with Crippen LogP contribution in [0.25, 0.3) is 0 Å². The number of benzene rings is 1. The Labute approximate surface area is 132 Å². The number of nitrogens with zero attached hydrogens (tertiary/aromatic N) is 2. The van der Waals surface area contributed by atoms with Crippen LogP contribution in [0.3, 0.4) is 0 Å². The molecule has 0 aliphatic carbocycles. The van der Waals surface area contributed by atoms with Crippen molar-refractivity contribution in [1.29, 1.82) is 0 Å². The van der Waals surface area contributed by atoms with E-state index in [-0.39, 0.29) is 0 Å². The molecule has 0 aliphatic heterocycles. The second-order valence-corrected chi connectivity index (χ2v) is 5.66. The zero-order valence-electron chi connectivity index (χ0n) is 12.8. The van der Waals surface area contributed by atoms with Crippen LogP contribution in [0.5, 0.6) is 0 Å². The van der Waals surface area contributed by atoms with Gasteiger partial charge in [-0.3, -0.25) is 4.90 Å². The quantitative estimate of drug-likeness (QED) is 0.859. The lowest BCUT2D eigenvalue weighted by Gasteiger charge is -2.25. The SMILES string of the molecule is CCNc1ccc(CN(C)C(C)c2cccc(Cl)c2)cn1. The number of anilines is 1. The number of hydrogen-bond donors (Lipinski definition) is 1. The standard InChI is InChI=1S/C17H22ClN3/c1-4-19-17-9-8-14(11-20-17)12-21(3)13(2)15-6-5-7-16(18)10-15/h5-11,13H,4,12H2,1-3H3,(H,19,20). The van der Waals surface area contributed by atoms with Gasteiger partial charge in [-0.25, -0.2) is 4.98 Å². The Kier molecular flexibility index (Phi) is 5.59. The van der Waals surface area contributed by atoms with Crippen LogP contribution < -0.4 is 5.32 Å². The molecule has 0 fully saturated rings. The molecular formula is C17H22ClN3. The first-order valence-corrected chi connectivity index (χ1v) is 7.62. The molecule has 1 heterocycles. The van der Waals surface area contributed by atoms with Crippen molar-refractivity contribution in [3.63, 3.8) is 0 Å². The summed E-state index contributed by atoms with van der Waals surface area (Å²) in [6.45, 7) is 5.99. The third-order valence-electron chi connectivity index (χ3n) is 3.61. The summed E-state index contributed by atoms with van der Waals surface area (Å²) in [6.07, 6.45) is 1.93. The molecule has 0 spiro atoms. The smallest absolute Gasteiger partial charge is 0.125 e. The molecule has 1 N–H and O–H groups in total. The van der Waals surface area contributed by atoms with E-state index in [4.69, 9.17) is 11.6 Å². The highest BCUT2D eigenvalue weighted by atomic mass is 35.5. The van der Waals surface area contributed by atoms with E-state index in [1.807, 2.05) is 30.5 Å². The van der Waals surface area contributed by atoms with Gasteiger partial charge in [0, 0.05) is 30.4 Å². The molecule has 1 atom stereocenters. The van der Waals surface area contributed by atoms with Gasteiger partial charge in [0.15, 0.2) is 0 Å². The van der Waals surface area contributed by atoms with Crippen LogP contribution in [0.1, 0.15) is 31.0 Å². The Balaban J connectivity index is 2.01. The summed E-state index contributed by atoms with van der Waals surface area (Å²) >= 11 is 6.07. The van der Waals surface area contributed by atoms with Crippen molar-refractivity contribution in [3.05, 3.63) is 58.7 Å². The Morgan fingerprint density at radius 3 is 2.71 bits per heavy atom. The van der Waals surface area contributed by atoms with E-state index in [9.17, 15) is 0 Å². The maximum absolute atomic E-state index is 6.07. The second kappa shape index (κ2) is 7.43. The fourth-order valence-corrected chi connectivity index (χ4v) is 2.45. The highest BCUT2D eigenvalue weighted by Crippen LogP contribution is 2.23. The van der Waals surface area contributed by atoms with Gasteiger partial charge in [-0.15, -0.1) is 0 Å². The third-order valence-corrected chi connectivity index (χ3v) is 3.84. The fraction of sp³-hybridized carbons (Fsp3) is 0.353. The Morgan fingerprint density at radius 2 is 2.10 bits per heavy atom. The molecule has 1 unspecified atom stereocenters. The average Bonchev–Trinajstić information content (AvgIpc) is 2.48. The molecular weight excluding hydrogens is 282 g/mol. The van der Waals surface area contributed by atoms with Crippen LogP contribution in [-0.4, -0.2) is 23.5 Å². The number of halogens is 1. The van der Waals surface area contributed by atoms with Crippen molar-refractivity contribution in [2.45, 2.75) is 26.4 Å². The van der Waals surface area contributed by atoms with E-state index in [1.54, 1.807) is 0 Å². The normalized spacial score (nSPS) is 12.4. The summed E-state index contributed by atoms with van der Waals surface area (Å²) in [5, 5.41) is 3.99. The number of rotatable bonds is 6. The molecule has 0 aliphatic rings. The Hall–Kier alpha value is -1.58. The van der Waals surface area contributed by atoms with Crippen molar-refractivity contribution in [2.75, 3.05) is 18.9 Å². The third kappa shape index (κ3) is 4.45. The molecule has 4 heteroatoms. The molecule has 3 nitrogen and oxygen atoms in total. The predicted molar refractivity (Wildman–Crippen MR) is 89.7 cm³/mol. The summed E-state index contributed by atoms with van der Waals surface area (Å²) in [4.78, 5) is 6.70. The number of pyridine rings is 1. The van der Waals surface area contributed by atoms with Crippen LogP contribution >= 0.6 is 11.6 Å². The van der Waals surface area contributed by atoms with Gasteiger partial charge in [0.1, 0.15) is 5.82 Å². The van der Waals surface area contributed by atoms with Crippen LogP contribution in [-0.2, 0) is 6.54 Å². The van der Waals surface area contributed by atoms with E-state index in [1.165, 1.54) is 11.1 Å². The summed E-state index contributed by atoms with van der Waals surface area (Å²) < 4.78 is 0. The molecule has 0 amide bonds. The van der Waals surface area contributed by atoms with Crippen molar-refractivity contribution in [2.24, 2.45) is 0 Å². The van der Waals surface area contributed by atoms with Crippen molar-refractivity contribution < 1.29 is 0 Å². The Morgan fingerprint density at radius 1 is 1.29 bits per heavy atom. The minimum absolute atomic E-state index is 0.303. The monoisotopic (exact) mass is 303 g/mol. The molecule has 112 valence electrons. The van der Waals surface area contributed by atoms with E-state index >= 15 is 0 Å². The fourth-order valence-electron chi connectivity index (χ4n) is 2.25. The summed E-state index contributed by atoms with van der Waals surface area (Å²) in [5.41, 5.74) is 2.43. The van der Waals surface area contributed by atoms with Gasteiger partial charge in [0.2, 0.25) is 0 Å². The van der Waals surface area contributed by atoms with Crippen LogP contribution in [0, 0.1) is 0 Å². The number of aromatic nitrogens is 1. The summed E-state index contributed by atoms with van der Waals surface area (Å²) in [6, 6.07) is 12.5. The number of hydrogen-bond acceptors (Lipinski definition) is 3. The van der Waals surface area contributed by atoms with Gasteiger partial charge in [-0.2, -0.15) is 0 Å². The van der Waals surface area contributed by atoms with Crippen LogP contribution in [0.2, 0.25) is 5.02 Å². The first kappa shape index (κ1) is 15.8. The van der Waals surface area contributed by atoms with E-state index in [0.29, 0.717) is 6.04 Å². The highest BCUT2D eigenvalue weighted by Gasteiger charge is 2.12. The molecule has 2 aromatic rings. The topological polar surface area (TPSA) is 28.2 Å². The lowest BCUT2D eigenvalue weighted by molar-refractivity contribution is 0.253. The molecule has 21 heavy (non-hydrogen) atoms. The minimum Gasteiger partial charge on any atom is -0.370 e. The maximum atomic E-state index is 6.07. The zero-order valence-corrected chi connectivity index (χ0v) is 13.6. The average molecular weight is 304 g/mol. The van der Waals surface area contributed by atoms with Crippen molar-refractivity contribution >= 4 is 17.4 Å². The molecule has 2 rings (SSSR count). The van der Waals surface area contributed by atoms with Gasteiger partial charge >= 0.3 is 0 Å². The van der Waals surface area contributed by atoms with E-state index in [0.717, 1.165) is 23.9 Å². The van der Waals surface area contributed by atoms with Gasteiger partial charge in [-0.05, 0) is 50.2 Å². The molecule has 0 bridgehead atoms. The molecule has 0 saturated carbocycles. The van der Waals surface area contributed by atoms with Crippen LogP contribution in [0.15, 0.2) is 42.6 Å². The summed E-state index contributed by atoms with van der Waals surface area (Å²) in [7, 11) is 2.11. The van der Waals surface area contributed by atoms with E-state index < -0.39 is 0 Å². The first-order chi connectivity index (χ1) is 10.1. The highest BCUT2D eigenvalue weighted by molar-refractivity contribution is 6.30. The summed E-state index contributed by atoms with van der Waals surface area (Å²) in [5.74, 6) is 0.923. The lowest BCUT2D eigenvalue weighted by Crippen LogP contribution is -2.22. The Bertz CT molecular complexity index is 569. The zero-order chi connectivity index (χ0) is 15.2. The minimum atomic E-state index is 0.303. The van der Waals surface area contributed by atoms with Crippen molar-refractivity contribution in [1.82, 2.24) is 9.88 Å². The van der Waals surface area contributed by atoms with Gasteiger partial charge in [0.05, 0.1) is 0 Å².